The maximum Gasteiger partial charge on any atom is 0.259 e. The molecule has 0 spiro atoms. The molecule has 0 saturated heterocycles. The normalized spacial score (nSPS) is 20.7. The Kier molecular flexibility index (Phi) is 3.50. The average Bonchev–Trinajstić information content (AvgIpc) is 2.97. The Balaban J connectivity index is 1.65. The third-order valence-electron chi connectivity index (χ3n) is 4.33. The number of carbonyl (C=O) groups is 1. The number of nitrogens with zero attached hydrogens (tertiary/aromatic N) is 3. The Labute approximate surface area is 142 Å². The fourth-order valence-corrected chi connectivity index (χ4v) is 4.09. The van der Waals surface area contributed by atoms with Gasteiger partial charge in [-0.15, -0.1) is 4.40 Å². The van der Waals surface area contributed by atoms with Crippen LogP contribution in [0, 0.1) is 11.6 Å². The summed E-state index contributed by atoms with van der Waals surface area (Å²) in [5, 5.41) is 0. The van der Waals surface area contributed by atoms with Gasteiger partial charge in [-0.25, -0.2) is 17.2 Å². The first kappa shape index (κ1) is 15.9. The predicted octanol–water partition coefficient (Wildman–Crippen LogP) is 1.35. The van der Waals surface area contributed by atoms with Gasteiger partial charge in [0.2, 0.25) is 0 Å². The lowest BCUT2D eigenvalue weighted by atomic mass is 10.1. The highest BCUT2D eigenvalue weighted by Crippen LogP contribution is 2.32. The smallest absolute Gasteiger partial charge is 0.259 e. The van der Waals surface area contributed by atoms with Gasteiger partial charge < -0.3 is 9.80 Å². The molecule has 1 aromatic rings. The predicted molar refractivity (Wildman–Crippen MR) is 87.6 cm³/mol. The summed E-state index contributed by atoms with van der Waals surface area (Å²) in [6, 6.07) is 1.96. The molecule has 0 radical (unpaired) electrons. The first-order valence-electron chi connectivity index (χ1n) is 7.63. The highest BCUT2D eigenvalue weighted by Gasteiger charge is 2.31. The molecule has 3 aliphatic heterocycles. The minimum Gasteiger partial charge on any atom is -0.330 e. The molecule has 0 unspecified atom stereocenters. The highest BCUT2D eigenvalue weighted by atomic mass is 32.2. The van der Waals surface area contributed by atoms with E-state index < -0.39 is 27.6 Å². The lowest BCUT2D eigenvalue weighted by Gasteiger charge is -2.28. The second-order valence-corrected chi connectivity index (χ2v) is 7.69. The van der Waals surface area contributed by atoms with E-state index in [-0.39, 0.29) is 30.4 Å². The van der Waals surface area contributed by atoms with E-state index in [2.05, 4.69) is 4.40 Å². The van der Waals surface area contributed by atoms with Crippen LogP contribution in [0.3, 0.4) is 0 Å². The summed E-state index contributed by atoms with van der Waals surface area (Å²) in [6.45, 7) is 0.456. The summed E-state index contributed by atoms with van der Waals surface area (Å²) in [6.07, 6.45) is 4.75. The lowest BCUT2D eigenvalue weighted by molar-refractivity contribution is -0.114. The third kappa shape index (κ3) is 2.74. The molecule has 0 fully saturated rings. The van der Waals surface area contributed by atoms with E-state index in [9.17, 15) is 22.0 Å². The molecule has 0 N–H and O–H groups in total. The van der Waals surface area contributed by atoms with E-state index in [0.29, 0.717) is 17.6 Å². The number of carbonyl (C=O) groups excluding carboxylic acids is 1. The molecule has 9 heteroatoms. The van der Waals surface area contributed by atoms with Gasteiger partial charge in [0.15, 0.2) is 0 Å². The number of fused-ring (bicyclic) bond motifs is 2. The van der Waals surface area contributed by atoms with Gasteiger partial charge in [0.1, 0.15) is 17.5 Å². The molecular weight excluding hydrogens is 352 g/mol. The molecule has 0 atom stereocenters. The van der Waals surface area contributed by atoms with E-state index in [0.717, 1.165) is 12.1 Å². The summed E-state index contributed by atoms with van der Waals surface area (Å²) in [4.78, 5) is 15.7. The van der Waals surface area contributed by atoms with Crippen molar-refractivity contribution < 1.29 is 22.0 Å². The maximum absolute atomic E-state index is 13.8. The van der Waals surface area contributed by atoms with Crippen LogP contribution in [-0.2, 0) is 21.2 Å². The van der Waals surface area contributed by atoms with Crippen LogP contribution in [0.2, 0.25) is 0 Å². The minimum absolute atomic E-state index is 0.134. The van der Waals surface area contributed by atoms with Crippen LogP contribution in [0.15, 0.2) is 40.5 Å². The monoisotopic (exact) mass is 365 g/mol. The van der Waals surface area contributed by atoms with E-state index >= 15 is 0 Å². The molecule has 3 heterocycles. The molecule has 0 aliphatic carbocycles. The molecule has 0 saturated carbocycles. The van der Waals surface area contributed by atoms with Crippen LogP contribution in [0.1, 0.15) is 5.56 Å². The zero-order chi connectivity index (χ0) is 17.8. The lowest BCUT2D eigenvalue weighted by Crippen LogP contribution is -2.38. The number of sulfonamides is 1. The van der Waals surface area contributed by atoms with Gasteiger partial charge in [-0.05, 0) is 24.6 Å². The number of benzene rings is 1. The number of halogens is 2. The third-order valence-corrected chi connectivity index (χ3v) is 5.49. The standard InChI is InChI=1S/C16H13F2N3O3S/c17-11-7-13(18)12-3-4-21(14(12)8-11)16(22)10-1-2-15-19-25(23,24)6-5-20(15)9-10/h1-2,7-9H,3-6H2. The number of amidine groups is 1. The van der Waals surface area contributed by atoms with Crippen molar-refractivity contribution in [1.82, 2.24) is 4.90 Å². The fourth-order valence-electron chi connectivity index (χ4n) is 3.12. The number of amides is 1. The van der Waals surface area contributed by atoms with Gasteiger partial charge in [0.05, 0.1) is 17.0 Å². The zero-order valence-electron chi connectivity index (χ0n) is 12.9. The van der Waals surface area contributed by atoms with Crippen LogP contribution >= 0.6 is 0 Å². The van der Waals surface area contributed by atoms with E-state index in [1.165, 1.54) is 23.3 Å². The molecule has 1 amide bonds. The van der Waals surface area contributed by atoms with E-state index in [4.69, 9.17) is 0 Å². The summed E-state index contributed by atoms with van der Waals surface area (Å²) in [7, 11) is -3.47. The largest absolute Gasteiger partial charge is 0.330 e. The Morgan fingerprint density at radius 1 is 1.16 bits per heavy atom. The number of anilines is 1. The van der Waals surface area contributed by atoms with Crippen LogP contribution in [0.4, 0.5) is 14.5 Å². The molecule has 6 nitrogen and oxygen atoms in total. The number of hydrogen-bond donors (Lipinski definition) is 0. The summed E-state index contributed by atoms with van der Waals surface area (Å²) < 4.78 is 54.0. The van der Waals surface area contributed by atoms with Gasteiger partial charge >= 0.3 is 0 Å². The SMILES string of the molecule is O=C(C1=CN2CCS(=O)(=O)N=C2C=C1)N1CCc2c(F)cc(F)cc21. The Hall–Kier alpha value is -2.55. The van der Waals surface area contributed by atoms with Crippen molar-refractivity contribution in [3.05, 3.63) is 53.3 Å². The first-order valence-corrected chi connectivity index (χ1v) is 9.24. The molecule has 4 rings (SSSR count). The summed E-state index contributed by atoms with van der Waals surface area (Å²) in [5.74, 6) is -1.67. The van der Waals surface area contributed by atoms with Crippen molar-refractivity contribution in [2.75, 3.05) is 23.7 Å². The van der Waals surface area contributed by atoms with Gasteiger partial charge in [-0.2, -0.15) is 0 Å². The van der Waals surface area contributed by atoms with Gasteiger partial charge in [0, 0.05) is 30.9 Å². The topological polar surface area (TPSA) is 70.0 Å². The van der Waals surface area contributed by atoms with Gasteiger partial charge in [-0.3, -0.25) is 4.79 Å². The van der Waals surface area contributed by atoms with Crippen molar-refractivity contribution >= 4 is 27.5 Å². The van der Waals surface area contributed by atoms with Gasteiger partial charge in [0.25, 0.3) is 15.9 Å². The Morgan fingerprint density at radius 2 is 1.96 bits per heavy atom. The number of rotatable bonds is 1. The first-order chi connectivity index (χ1) is 11.8. The summed E-state index contributed by atoms with van der Waals surface area (Å²) >= 11 is 0. The summed E-state index contributed by atoms with van der Waals surface area (Å²) in [5.41, 5.74) is 0.856. The molecule has 0 aromatic heterocycles. The average molecular weight is 365 g/mol. The zero-order valence-corrected chi connectivity index (χ0v) is 13.8. The highest BCUT2D eigenvalue weighted by molar-refractivity contribution is 7.90. The molecule has 1 aromatic carbocycles. The Morgan fingerprint density at radius 3 is 2.76 bits per heavy atom. The maximum atomic E-state index is 13.8. The molecule has 25 heavy (non-hydrogen) atoms. The van der Waals surface area contributed by atoms with Crippen molar-refractivity contribution in [3.8, 4) is 0 Å². The second-order valence-electron chi connectivity index (χ2n) is 5.94. The van der Waals surface area contributed by atoms with Crippen molar-refractivity contribution in [1.29, 1.82) is 0 Å². The molecular formula is C16H13F2N3O3S. The quantitative estimate of drug-likeness (QED) is 0.753. The minimum atomic E-state index is -3.47. The van der Waals surface area contributed by atoms with Crippen LogP contribution in [0.5, 0.6) is 0 Å². The fraction of sp³-hybridized carbons (Fsp3) is 0.250. The molecule has 3 aliphatic rings. The van der Waals surface area contributed by atoms with Crippen LogP contribution < -0.4 is 4.90 Å². The van der Waals surface area contributed by atoms with Crippen molar-refractivity contribution in [2.45, 2.75) is 6.42 Å². The number of hydrogen-bond acceptors (Lipinski definition) is 4. The van der Waals surface area contributed by atoms with Crippen LogP contribution in [0.25, 0.3) is 0 Å². The van der Waals surface area contributed by atoms with E-state index in [1.807, 2.05) is 0 Å². The molecule has 130 valence electrons. The Bertz CT molecular complexity index is 983. The van der Waals surface area contributed by atoms with E-state index in [1.54, 1.807) is 4.90 Å². The molecule has 0 bridgehead atoms. The van der Waals surface area contributed by atoms with Crippen molar-refractivity contribution in [3.63, 3.8) is 0 Å². The second kappa shape index (κ2) is 5.48. The van der Waals surface area contributed by atoms with Gasteiger partial charge in [-0.1, -0.05) is 0 Å². The van der Waals surface area contributed by atoms with Crippen molar-refractivity contribution in [2.24, 2.45) is 4.40 Å². The van der Waals surface area contributed by atoms with Crippen LogP contribution in [-0.4, -0.2) is 43.9 Å².